The minimum absolute atomic E-state index is 0.106. The molecule has 132 valence electrons. The Morgan fingerprint density at radius 3 is 2.48 bits per heavy atom. The van der Waals surface area contributed by atoms with Crippen molar-refractivity contribution in [2.45, 2.75) is 39.5 Å². The smallest absolute Gasteiger partial charge is 0.251 e. The molecule has 2 N–H and O–H groups in total. The average Bonchev–Trinajstić information content (AvgIpc) is 2.61. The molecule has 0 aliphatic carbocycles. The predicted octanol–water partition coefficient (Wildman–Crippen LogP) is 4.10. The van der Waals surface area contributed by atoms with E-state index in [1.165, 1.54) is 18.4 Å². The number of aryl methyl sites for hydroxylation is 2. The van der Waals surface area contributed by atoms with Gasteiger partial charge in [0.1, 0.15) is 0 Å². The number of rotatable bonds is 8. The molecule has 0 atom stereocenters. The van der Waals surface area contributed by atoms with Gasteiger partial charge in [-0.1, -0.05) is 43.2 Å². The van der Waals surface area contributed by atoms with Gasteiger partial charge in [-0.25, -0.2) is 0 Å². The lowest BCUT2D eigenvalue weighted by atomic mass is 10.1. The number of carbonyl (C=O) groups is 2. The highest BCUT2D eigenvalue weighted by Crippen LogP contribution is 2.12. The lowest BCUT2D eigenvalue weighted by Gasteiger charge is -2.08. The fourth-order valence-corrected chi connectivity index (χ4v) is 2.54. The number of amides is 2. The number of hydrogen-bond donors (Lipinski definition) is 2. The molecule has 2 aromatic rings. The van der Waals surface area contributed by atoms with Crippen LogP contribution in [0, 0.1) is 6.92 Å². The van der Waals surface area contributed by atoms with Gasteiger partial charge in [0.25, 0.3) is 5.91 Å². The van der Waals surface area contributed by atoms with Crippen molar-refractivity contribution < 1.29 is 9.59 Å². The molecule has 0 unspecified atom stereocenters. The summed E-state index contributed by atoms with van der Waals surface area (Å²) in [6.45, 7) is 4.43. The molecular weight excluding hydrogens is 312 g/mol. The van der Waals surface area contributed by atoms with Crippen molar-refractivity contribution in [1.29, 1.82) is 0 Å². The van der Waals surface area contributed by atoms with Crippen LogP contribution in [0.2, 0.25) is 0 Å². The second kappa shape index (κ2) is 9.62. The summed E-state index contributed by atoms with van der Waals surface area (Å²) in [5.41, 5.74) is 3.72. The quantitative estimate of drug-likeness (QED) is 0.761. The summed E-state index contributed by atoms with van der Waals surface area (Å²) in [4.78, 5) is 24.0. The zero-order valence-electron chi connectivity index (χ0n) is 15.0. The van der Waals surface area contributed by atoms with Crippen molar-refractivity contribution in [3.63, 3.8) is 0 Å². The molecule has 4 nitrogen and oxygen atoms in total. The Balaban J connectivity index is 1.74. The van der Waals surface area contributed by atoms with Gasteiger partial charge in [0.15, 0.2) is 0 Å². The summed E-state index contributed by atoms with van der Waals surface area (Å²) < 4.78 is 0. The van der Waals surface area contributed by atoms with Crippen molar-refractivity contribution in [3.05, 3.63) is 65.2 Å². The first-order valence-corrected chi connectivity index (χ1v) is 8.82. The lowest BCUT2D eigenvalue weighted by molar-refractivity contribution is -0.116. The number of carbonyl (C=O) groups excluding carboxylic acids is 2. The van der Waals surface area contributed by atoms with Crippen LogP contribution in [0.3, 0.4) is 0 Å². The normalized spacial score (nSPS) is 10.3. The maximum absolute atomic E-state index is 12.0. The zero-order chi connectivity index (χ0) is 18.1. The summed E-state index contributed by atoms with van der Waals surface area (Å²) in [6.07, 6.45) is 3.66. The molecule has 0 saturated heterocycles. The molecule has 0 spiro atoms. The van der Waals surface area contributed by atoms with Gasteiger partial charge in [0, 0.05) is 24.2 Å². The Labute approximate surface area is 149 Å². The second-order valence-electron chi connectivity index (χ2n) is 6.22. The molecule has 4 heteroatoms. The molecule has 0 bridgehead atoms. The first-order chi connectivity index (χ1) is 12.1. The standard InChI is InChI=1S/C21H26N2O2/c1-3-4-7-17-9-11-19(12-10-17)23-20(24)13-14-22-21(25)18-8-5-6-16(2)15-18/h5-6,8-12,15H,3-4,7,13-14H2,1-2H3,(H,22,25)(H,23,24). The third kappa shape index (κ3) is 6.42. The minimum atomic E-state index is -0.156. The van der Waals surface area contributed by atoms with E-state index in [9.17, 15) is 9.59 Å². The molecule has 2 rings (SSSR count). The molecule has 2 amide bonds. The Morgan fingerprint density at radius 1 is 1.04 bits per heavy atom. The van der Waals surface area contributed by atoms with E-state index in [-0.39, 0.29) is 18.2 Å². The molecular formula is C21H26N2O2. The highest BCUT2D eigenvalue weighted by atomic mass is 16.2. The first kappa shape index (κ1) is 18.7. The summed E-state index contributed by atoms with van der Waals surface area (Å²) in [7, 11) is 0. The molecule has 25 heavy (non-hydrogen) atoms. The number of anilines is 1. The van der Waals surface area contributed by atoms with Crippen LogP contribution in [0.15, 0.2) is 48.5 Å². The van der Waals surface area contributed by atoms with E-state index in [4.69, 9.17) is 0 Å². The molecule has 2 aromatic carbocycles. The van der Waals surface area contributed by atoms with E-state index >= 15 is 0 Å². The summed E-state index contributed by atoms with van der Waals surface area (Å²) in [6, 6.07) is 15.3. The van der Waals surface area contributed by atoms with Gasteiger partial charge in [-0.05, 0) is 49.6 Å². The van der Waals surface area contributed by atoms with E-state index in [1.54, 1.807) is 6.07 Å². The number of nitrogens with one attached hydrogen (secondary N) is 2. The van der Waals surface area contributed by atoms with Gasteiger partial charge in [0.05, 0.1) is 0 Å². The van der Waals surface area contributed by atoms with Crippen LogP contribution in [-0.2, 0) is 11.2 Å². The van der Waals surface area contributed by atoms with Crippen molar-refractivity contribution in [1.82, 2.24) is 5.32 Å². The molecule has 0 aromatic heterocycles. The highest BCUT2D eigenvalue weighted by Gasteiger charge is 2.07. The van der Waals surface area contributed by atoms with Gasteiger partial charge in [0.2, 0.25) is 5.91 Å². The molecule has 0 heterocycles. The van der Waals surface area contributed by atoms with E-state index in [2.05, 4.69) is 17.6 Å². The fourth-order valence-electron chi connectivity index (χ4n) is 2.54. The summed E-state index contributed by atoms with van der Waals surface area (Å²) in [5.74, 6) is -0.261. The Kier molecular flexibility index (Phi) is 7.20. The maximum atomic E-state index is 12.0. The largest absolute Gasteiger partial charge is 0.352 e. The summed E-state index contributed by atoms with van der Waals surface area (Å²) >= 11 is 0. The van der Waals surface area contributed by atoms with Crippen molar-refractivity contribution >= 4 is 17.5 Å². The number of hydrogen-bond acceptors (Lipinski definition) is 2. The SMILES string of the molecule is CCCCc1ccc(NC(=O)CCNC(=O)c2cccc(C)c2)cc1. The van der Waals surface area contributed by atoms with E-state index in [1.807, 2.05) is 49.4 Å². The minimum Gasteiger partial charge on any atom is -0.352 e. The maximum Gasteiger partial charge on any atom is 0.251 e. The Hall–Kier alpha value is -2.62. The van der Waals surface area contributed by atoms with Crippen LogP contribution in [0.4, 0.5) is 5.69 Å². The lowest BCUT2D eigenvalue weighted by Crippen LogP contribution is -2.27. The predicted molar refractivity (Wildman–Crippen MR) is 102 cm³/mol. The van der Waals surface area contributed by atoms with Crippen LogP contribution in [0.5, 0.6) is 0 Å². The third-order valence-electron chi connectivity index (χ3n) is 3.97. The van der Waals surface area contributed by atoms with Gasteiger partial charge in [-0.3, -0.25) is 9.59 Å². The van der Waals surface area contributed by atoms with Gasteiger partial charge < -0.3 is 10.6 Å². The molecule has 0 aliphatic heterocycles. The van der Waals surface area contributed by atoms with Crippen molar-refractivity contribution in [2.24, 2.45) is 0 Å². The first-order valence-electron chi connectivity index (χ1n) is 8.82. The molecule has 0 fully saturated rings. The van der Waals surface area contributed by atoms with E-state index in [0.29, 0.717) is 12.1 Å². The Bertz CT molecular complexity index is 708. The molecule has 0 radical (unpaired) electrons. The van der Waals surface area contributed by atoms with Crippen molar-refractivity contribution in [3.8, 4) is 0 Å². The number of unbranched alkanes of at least 4 members (excludes halogenated alkanes) is 1. The summed E-state index contributed by atoms with van der Waals surface area (Å²) in [5, 5.41) is 5.63. The second-order valence-corrected chi connectivity index (χ2v) is 6.22. The van der Waals surface area contributed by atoms with Crippen LogP contribution >= 0.6 is 0 Å². The molecule has 0 aliphatic rings. The van der Waals surface area contributed by atoms with Crippen molar-refractivity contribution in [2.75, 3.05) is 11.9 Å². The molecule has 0 saturated carbocycles. The number of benzene rings is 2. The van der Waals surface area contributed by atoms with Gasteiger partial charge in [-0.2, -0.15) is 0 Å². The topological polar surface area (TPSA) is 58.2 Å². The van der Waals surface area contributed by atoms with Crippen LogP contribution in [-0.4, -0.2) is 18.4 Å². The highest BCUT2D eigenvalue weighted by molar-refractivity contribution is 5.95. The van der Waals surface area contributed by atoms with Crippen LogP contribution < -0.4 is 10.6 Å². The van der Waals surface area contributed by atoms with Crippen LogP contribution in [0.25, 0.3) is 0 Å². The van der Waals surface area contributed by atoms with E-state index < -0.39 is 0 Å². The van der Waals surface area contributed by atoms with Gasteiger partial charge >= 0.3 is 0 Å². The monoisotopic (exact) mass is 338 g/mol. The van der Waals surface area contributed by atoms with Crippen LogP contribution in [0.1, 0.15) is 47.7 Å². The Morgan fingerprint density at radius 2 is 1.80 bits per heavy atom. The zero-order valence-corrected chi connectivity index (χ0v) is 15.0. The fraction of sp³-hybridized carbons (Fsp3) is 0.333. The third-order valence-corrected chi connectivity index (χ3v) is 3.97. The van der Waals surface area contributed by atoms with Gasteiger partial charge in [-0.15, -0.1) is 0 Å². The average molecular weight is 338 g/mol. The van der Waals surface area contributed by atoms with E-state index in [0.717, 1.165) is 17.7 Å².